The third kappa shape index (κ3) is 3.07. The van der Waals surface area contributed by atoms with E-state index in [2.05, 4.69) is 15.0 Å². The highest BCUT2D eigenvalue weighted by Crippen LogP contribution is 2.27. The first-order valence-corrected chi connectivity index (χ1v) is 9.04. The number of nitrogens with one attached hydrogen (secondary N) is 2. The van der Waals surface area contributed by atoms with Crippen LogP contribution < -0.4 is 10.0 Å². The Balaban J connectivity index is 1.74. The van der Waals surface area contributed by atoms with Gasteiger partial charge in [-0.15, -0.1) is 11.3 Å². The average Bonchev–Trinajstić information content (AvgIpc) is 2.94. The largest absolute Gasteiger partial charge is 0.310 e. The van der Waals surface area contributed by atoms with Gasteiger partial charge in [-0.2, -0.15) is 0 Å². The van der Waals surface area contributed by atoms with Crippen molar-refractivity contribution in [2.24, 2.45) is 0 Å². The van der Waals surface area contributed by atoms with E-state index in [1.165, 1.54) is 0 Å². The summed E-state index contributed by atoms with van der Waals surface area (Å²) in [5.74, 6) is 0.339. The molecule has 2 aromatic heterocycles. The number of anilines is 1. The van der Waals surface area contributed by atoms with E-state index in [-0.39, 0.29) is 18.1 Å². The van der Waals surface area contributed by atoms with Crippen LogP contribution in [0.2, 0.25) is 0 Å². The van der Waals surface area contributed by atoms with E-state index in [1.54, 1.807) is 24.5 Å². The fourth-order valence-corrected chi connectivity index (χ4v) is 5.01. The number of pyridine rings is 1. The smallest absolute Gasteiger partial charge is 0.227 e. The van der Waals surface area contributed by atoms with Gasteiger partial charge in [-0.1, -0.05) is 0 Å². The molecule has 2 N–H and O–H groups in total. The molecule has 1 atom stereocenters. The number of hydrogen-bond acceptors (Lipinski definition) is 5. The number of carbonyl (C=O) groups is 1. The molecule has 8 heteroatoms. The van der Waals surface area contributed by atoms with Crippen molar-refractivity contribution in [3.8, 4) is 0 Å². The minimum absolute atomic E-state index is 0.0646. The molecule has 3 heterocycles. The molecule has 6 nitrogen and oxygen atoms in total. The molecule has 1 unspecified atom stereocenters. The Bertz CT molecular complexity index is 800. The van der Waals surface area contributed by atoms with Gasteiger partial charge in [-0.25, -0.2) is 18.1 Å². The normalized spacial score (nSPS) is 24.2. The highest BCUT2D eigenvalue weighted by atomic mass is 32.2. The number of carbonyl (C=O) groups excluding carboxylic acids is 1. The van der Waals surface area contributed by atoms with Gasteiger partial charge < -0.3 is 5.32 Å². The summed E-state index contributed by atoms with van der Waals surface area (Å²) in [6, 6.07) is 3.80. The number of sulfonamides is 1. The molecular weight excluding hydrogens is 310 g/mol. The number of fused-ring (bicyclic) bond motifs is 1. The van der Waals surface area contributed by atoms with Crippen LogP contribution in [-0.2, 0) is 14.8 Å². The van der Waals surface area contributed by atoms with Gasteiger partial charge in [0, 0.05) is 28.2 Å². The molecule has 1 saturated heterocycles. The Labute approximate surface area is 126 Å². The van der Waals surface area contributed by atoms with E-state index in [0.29, 0.717) is 12.2 Å². The fourth-order valence-electron chi connectivity index (χ4n) is 2.49. The van der Waals surface area contributed by atoms with Crippen molar-refractivity contribution in [1.29, 1.82) is 0 Å². The second-order valence-electron chi connectivity index (χ2n) is 5.45. The molecule has 0 saturated carbocycles. The summed E-state index contributed by atoms with van der Waals surface area (Å²) in [4.78, 5) is 16.3. The summed E-state index contributed by atoms with van der Waals surface area (Å²) < 4.78 is 26.5. The predicted octanol–water partition coefficient (Wildman–Crippen LogP) is 1.71. The lowest BCUT2D eigenvalue weighted by Crippen LogP contribution is -2.41. The molecule has 1 fully saturated rings. The standard InChI is InChI=1S/C13H15N3O3S2/c1-13(4-7-21(18,19)16-13)8-11(17)15-12-9-3-6-20-10(9)2-5-14-12/h2-3,5-6,16H,4,7-8H2,1H3,(H,14,15,17). The van der Waals surface area contributed by atoms with Crippen molar-refractivity contribution in [1.82, 2.24) is 9.71 Å². The summed E-state index contributed by atoms with van der Waals surface area (Å²) in [6.45, 7) is 1.75. The first-order chi connectivity index (χ1) is 9.87. The van der Waals surface area contributed by atoms with Crippen molar-refractivity contribution in [2.45, 2.75) is 25.3 Å². The first kappa shape index (κ1) is 14.4. The van der Waals surface area contributed by atoms with Crippen molar-refractivity contribution >= 4 is 43.2 Å². The zero-order valence-electron chi connectivity index (χ0n) is 11.4. The van der Waals surface area contributed by atoms with Gasteiger partial charge in [0.2, 0.25) is 15.9 Å². The summed E-state index contributed by atoms with van der Waals surface area (Å²) in [5, 5.41) is 5.61. The number of aromatic nitrogens is 1. The summed E-state index contributed by atoms with van der Waals surface area (Å²) in [6.07, 6.45) is 2.17. The van der Waals surface area contributed by atoms with E-state index < -0.39 is 15.6 Å². The molecule has 1 amide bonds. The molecule has 1 aliphatic rings. The maximum atomic E-state index is 12.2. The topological polar surface area (TPSA) is 88.2 Å². The molecular formula is C13H15N3O3S2. The van der Waals surface area contributed by atoms with Crippen LogP contribution in [0.3, 0.4) is 0 Å². The SMILES string of the molecule is CC1(CC(=O)Nc2nccc3sccc23)CCS(=O)(=O)N1. The van der Waals surface area contributed by atoms with E-state index in [4.69, 9.17) is 0 Å². The third-order valence-corrected chi connectivity index (χ3v) is 5.94. The lowest BCUT2D eigenvalue weighted by atomic mass is 9.96. The van der Waals surface area contributed by atoms with Gasteiger partial charge in [-0.3, -0.25) is 4.79 Å². The summed E-state index contributed by atoms with van der Waals surface area (Å²) in [7, 11) is -3.24. The molecule has 0 spiro atoms. The van der Waals surface area contributed by atoms with Gasteiger partial charge in [0.25, 0.3) is 0 Å². The number of amides is 1. The van der Waals surface area contributed by atoms with Crippen LogP contribution in [-0.4, -0.2) is 30.6 Å². The highest BCUT2D eigenvalue weighted by molar-refractivity contribution is 7.89. The Hall–Kier alpha value is -1.51. The predicted molar refractivity (Wildman–Crippen MR) is 82.8 cm³/mol. The van der Waals surface area contributed by atoms with Gasteiger partial charge in [0.05, 0.1) is 5.75 Å². The van der Waals surface area contributed by atoms with E-state index in [1.807, 2.05) is 17.5 Å². The van der Waals surface area contributed by atoms with Crippen molar-refractivity contribution < 1.29 is 13.2 Å². The number of thiophene rings is 1. The highest BCUT2D eigenvalue weighted by Gasteiger charge is 2.39. The molecule has 112 valence electrons. The van der Waals surface area contributed by atoms with E-state index >= 15 is 0 Å². The maximum Gasteiger partial charge on any atom is 0.227 e. The molecule has 0 aromatic carbocycles. The molecule has 21 heavy (non-hydrogen) atoms. The van der Waals surface area contributed by atoms with Gasteiger partial charge in [0.1, 0.15) is 5.82 Å². The van der Waals surface area contributed by atoms with E-state index in [0.717, 1.165) is 10.1 Å². The number of hydrogen-bond donors (Lipinski definition) is 2. The van der Waals surface area contributed by atoms with Gasteiger partial charge in [0.15, 0.2) is 0 Å². The molecule has 1 aliphatic heterocycles. The molecule has 0 bridgehead atoms. The van der Waals surface area contributed by atoms with Crippen molar-refractivity contribution in [3.05, 3.63) is 23.7 Å². The Kier molecular flexibility index (Phi) is 3.46. The summed E-state index contributed by atoms with van der Waals surface area (Å²) >= 11 is 1.58. The summed E-state index contributed by atoms with van der Waals surface area (Å²) in [5.41, 5.74) is -0.717. The second kappa shape index (κ2) is 5.04. The minimum Gasteiger partial charge on any atom is -0.310 e. The zero-order valence-corrected chi connectivity index (χ0v) is 13.1. The molecule has 0 radical (unpaired) electrons. The quantitative estimate of drug-likeness (QED) is 0.899. The average molecular weight is 325 g/mol. The molecule has 2 aromatic rings. The molecule has 0 aliphatic carbocycles. The molecule has 3 rings (SSSR count). The van der Waals surface area contributed by atoms with Gasteiger partial charge >= 0.3 is 0 Å². The van der Waals surface area contributed by atoms with Crippen LogP contribution in [0.5, 0.6) is 0 Å². The van der Waals surface area contributed by atoms with Crippen LogP contribution in [0.1, 0.15) is 19.8 Å². The Morgan fingerprint density at radius 2 is 2.33 bits per heavy atom. The maximum absolute atomic E-state index is 12.2. The lowest BCUT2D eigenvalue weighted by Gasteiger charge is -2.21. The van der Waals surface area contributed by atoms with Gasteiger partial charge in [-0.05, 0) is 30.9 Å². The van der Waals surface area contributed by atoms with Crippen LogP contribution >= 0.6 is 11.3 Å². The number of rotatable bonds is 3. The lowest BCUT2D eigenvalue weighted by molar-refractivity contribution is -0.117. The van der Waals surface area contributed by atoms with Crippen LogP contribution in [0.4, 0.5) is 5.82 Å². The van der Waals surface area contributed by atoms with Crippen LogP contribution in [0, 0.1) is 0 Å². The first-order valence-electron chi connectivity index (χ1n) is 6.51. The zero-order chi connectivity index (χ0) is 15.1. The Morgan fingerprint density at radius 3 is 3.05 bits per heavy atom. The second-order valence-corrected chi connectivity index (χ2v) is 8.24. The van der Waals surface area contributed by atoms with Crippen LogP contribution in [0.25, 0.3) is 10.1 Å². The van der Waals surface area contributed by atoms with E-state index in [9.17, 15) is 13.2 Å². The fraction of sp³-hybridized carbons (Fsp3) is 0.385. The monoisotopic (exact) mass is 325 g/mol. The third-order valence-electron chi connectivity index (χ3n) is 3.51. The Morgan fingerprint density at radius 1 is 1.52 bits per heavy atom. The van der Waals surface area contributed by atoms with Crippen molar-refractivity contribution in [3.63, 3.8) is 0 Å². The number of nitrogens with zero attached hydrogens (tertiary/aromatic N) is 1. The minimum atomic E-state index is -3.24. The van der Waals surface area contributed by atoms with Crippen molar-refractivity contribution in [2.75, 3.05) is 11.1 Å². The van der Waals surface area contributed by atoms with Crippen LogP contribution in [0.15, 0.2) is 23.7 Å².